The highest BCUT2D eigenvalue weighted by Gasteiger charge is 2.19. The average Bonchev–Trinajstić information content (AvgIpc) is 2.55. The van der Waals surface area contributed by atoms with Crippen LogP contribution in [0.4, 0.5) is 0 Å². The number of carbonyl (C=O) groups is 1. The van der Waals surface area contributed by atoms with E-state index in [2.05, 4.69) is 5.32 Å². The fourth-order valence-corrected chi connectivity index (χ4v) is 1.52. The number of rotatable bonds is 3. The number of hydrogen-bond acceptors (Lipinski definition) is 2. The molecule has 0 saturated heterocycles. The molecular weight excluding hydrogens is 152 g/mol. The lowest BCUT2D eigenvalue weighted by Gasteiger charge is -2.14. The van der Waals surface area contributed by atoms with Gasteiger partial charge in [-0.05, 0) is 12.8 Å². The average molecular weight is 170 g/mol. The fourth-order valence-electron chi connectivity index (χ4n) is 1.52. The Morgan fingerprint density at radius 1 is 1.58 bits per heavy atom. The summed E-state index contributed by atoms with van der Waals surface area (Å²) in [5.74, 6) is 0.0787. The van der Waals surface area contributed by atoms with Crippen LogP contribution in [0.15, 0.2) is 0 Å². The van der Waals surface area contributed by atoms with Crippen LogP contribution in [0.5, 0.6) is 0 Å². The molecule has 1 unspecified atom stereocenters. The Morgan fingerprint density at radius 3 is 2.67 bits per heavy atom. The predicted molar refractivity (Wildman–Crippen MR) is 48.6 cm³/mol. The van der Waals surface area contributed by atoms with E-state index in [1.165, 1.54) is 12.8 Å². The first-order valence-electron chi connectivity index (χ1n) is 4.74. The van der Waals surface area contributed by atoms with Gasteiger partial charge in [0.25, 0.3) is 0 Å². The van der Waals surface area contributed by atoms with Crippen LogP contribution in [0.2, 0.25) is 0 Å². The molecule has 12 heavy (non-hydrogen) atoms. The van der Waals surface area contributed by atoms with Gasteiger partial charge in [0.2, 0.25) is 5.91 Å². The van der Waals surface area contributed by atoms with Gasteiger partial charge >= 0.3 is 0 Å². The monoisotopic (exact) mass is 170 g/mol. The first-order chi connectivity index (χ1) is 5.74. The first kappa shape index (κ1) is 9.52. The van der Waals surface area contributed by atoms with Crippen molar-refractivity contribution in [1.29, 1.82) is 0 Å². The second-order valence-electron chi connectivity index (χ2n) is 3.63. The Balaban J connectivity index is 2.25. The van der Waals surface area contributed by atoms with Gasteiger partial charge in [0.15, 0.2) is 0 Å². The fraction of sp³-hybridized carbons (Fsp3) is 0.889. The van der Waals surface area contributed by atoms with Crippen molar-refractivity contribution >= 4 is 5.91 Å². The van der Waals surface area contributed by atoms with Crippen molar-refractivity contribution in [3.8, 4) is 0 Å². The maximum absolute atomic E-state index is 11.3. The molecule has 1 aliphatic carbocycles. The summed E-state index contributed by atoms with van der Waals surface area (Å²) in [5, 5.41) is 3.01. The van der Waals surface area contributed by atoms with Gasteiger partial charge in [0, 0.05) is 18.5 Å². The Bertz CT molecular complexity index is 153. The highest BCUT2D eigenvalue weighted by atomic mass is 16.1. The number of nitrogens with two attached hydrogens (primary N) is 1. The van der Waals surface area contributed by atoms with E-state index in [1.54, 1.807) is 0 Å². The van der Waals surface area contributed by atoms with E-state index in [0.29, 0.717) is 12.6 Å². The van der Waals surface area contributed by atoms with Crippen molar-refractivity contribution in [2.45, 2.75) is 38.6 Å². The molecule has 0 aromatic carbocycles. The Hall–Kier alpha value is -0.570. The summed E-state index contributed by atoms with van der Waals surface area (Å²) in [6, 6.07) is 0.423. The van der Waals surface area contributed by atoms with Crippen molar-refractivity contribution in [1.82, 2.24) is 5.32 Å². The van der Waals surface area contributed by atoms with Gasteiger partial charge in [0.1, 0.15) is 0 Å². The van der Waals surface area contributed by atoms with Crippen molar-refractivity contribution in [2.75, 3.05) is 6.54 Å². The summed E-state index contributed by atoms with van der Waals surface area (Å²) in [5.41, 5.74) is 5.39. The minimum Gasteiger partial charge on any atom is -0.353 e. The van der Waals surface area contributed by atoms with Crippen LogP contribution < -0.4 is 11.1 Å². The number of carbonyl (C=O) groups excluding carboxylic acids is 1. The van der Waals surface area contributed by atoms with Gasteiger partial charge < -0.3 is 11.1 Å². The van der Waals surface area contributed by atoms with E-state index in [9.17, 15) is 4.79 Å². The van der Waals surface area contributed by atoms with E-state index in [-0.39, 0.29) is 11.8 Å². The molecule has 3 N–H and O–H groups in total. The lowest BCUT2D eigenvalue weighted by Crippen LogP contribution is -2.38. The second kappa shape index (κ2) is 4.45. The largest absolute Gasteiger partial charge is 0.353 e. The molecule has 1 atom stereocenters. The first-order valence-corrected chi connectivity index (χ1v) is 4.74. The third-order valence-corrected chi connectivity index (χ3v) is 2.50. The standard InChI is InChI=1S/C9H18N2O/c1-7(6-10)9(12)11-8-4-2-3-5-8/h7-8H,2-6,10H2,1H3,(H,11,12). The van der Waals surface area contributed by atoms with Crippen LogP contribution >= 0.6 is 0 Å². The van der Waals surface area contributed by atoms with Crippen LogP contribution in [-0.2, 0) is 4.79 Å². The smallest absolute Gasteiger partial charge is 0.224 e. The van der Waals surface area contributed by atoms with E-state index < -0.39 is 0 Å². The molecule has 3 nitrogen and oxygen atoms in total. The van der Waals surface area contributed by atoms with Gasteiger partial charge in [-0.25, -0.2) is 0 Å². The maximum atomic E-state index is 11.3. The van der Waals surface area contributed by atoms with Crippen LogP contribution in [0, 0.1) is 5.92 Å². The van der Waals surface area contributed by atoms with Crippen LogP contribution in [-0.4, -0.2) is 18.5 Å². The summed E-state index contributed by atoms with van der Waals surface area (Å²) in [6.45, 7) is 2.31. The maximum Gasteiger partial charge on any atom is 0.224 e. The second-order valence-corrected chi connectivity index (χ2v) is 3.63. The van der Waals surface area contributed by atoms with Crippen molar-refractivity contribution in [3.05, 3.63) is 0 Å². The molecule has 0 aromatic rings. The molecule has 0 radical (unpaired) electrons. The molecule has 1 saturated carbocycles. The molecule has 3 heteroatoms. The molecule has 0 aromatic heterocycles. The van der Waals surface area contributed by atoms with Crippen molar-refractivity contribution in [3.63, 3.8) is 0 Å². The number of hydrogen-bond donors (Lipinski definition) is 2. The molecular formula is C9H18N2O. The topological polar surface area (TPSA) is 55.1 Å². The molecule has 0 bridgehead atoms. The third kappa shape index (κ3) is 2.48. The van der Waals surface area contributed by atoms with Gasteiger partial charge in [0.05, 0.1) is 0 Å². The molecule has 1 amide bonds. The van der Waals surface area contributed by atoms with E-state index >= 15 is 0 Å². The summed E-state index contributed by atoms with van der Waals surface area (Å²) in [7, 11) is 0. The molecule has 0 spiro atoms. The van der Waals surface area contributed by atoms with Gasteiger partial charge in [-0.1, -0.05) is 19.8 Å². The summed E-state index contributed by atoms with van der Waals surface area (Å²) in [4.78, 5) is 11.3. The molecule has 0 heterocycles. The molecule has 1 rings (SSSR count). The molecule has 1 aliphatic rings. The quantitative estimate of drug-likeness (QED) is 0.653. The molecule has 0 aliphatic heterocycles. The summed E-state index contributed by atoms with van der Waals surface area (Å²) >= 11 is 0. The number of amides is 1. The number of nitrogens with one attached hydrogen (secondary N) is 1. The lowest BCUT2D eigenvalue weighted by atomic mass is 10.1. The van der Waals surface area contributed by atoms with Crippen molar-refractivity contribution in [2.24, 2.45) is 11.7 Å². The summed E-state index contributed by atoms with van der Waals surface area (Å²) in [6.07, 6.45) is 4.79. The zero-order chi connectivity index (χ0) is 8.97. The van der Waals surface area contributed by atoms with Crippen LogP contribution in [0.3, 0.4) is 0 Å². The molecule has 70 valence electrons. The Labute approximate surface area is 73.7 Å². The molecule has 1 fully saturated rings. The van der Waals surface area contributed by atoms with Crippen LogP contribution in [0.25, 0.3) is 0 Å². The predicted octanol–water partition coefficient (Wildman–Crippen LogP) is 0.640. The third-order valence-electron chi connectivity index (χ3n) is 2.50. The lowest BCUT2D eigenvalue weighted by molar-refractivity contribution is -0.124. The van der Waals surface area contributed by atoms with E-state index in [4.69, 9.17) is 5.73 Å². The minimum atomic E-state index is -0.0365. The highest BCUT2D eigenvalue weighted by Crippen LogP contribution is 2.17. The Morgan fingerprint density at radius 2 is 2.17 bits per heavy atom. The minimum absolute atomic E-state index is 0.0365. The zero-order valence-electron chi connectivity index (χ0n) is 7.68. The Kier molecular flexibility index (Phi) is 3.53. The van der Waals surface area contributed by atoms with Gasteiger partial charge in [-0.15, -0.1) is 0 Å². The summed E-state index contributed by atoms with van der Waals surface area (Å²) < 4.78 is 0. The zero-order valence-corrected chi connectivity index (χ0v) is 7.68. The van der Waals surface area contributed by atoms with E-state index in [1.807, 2.05) is 6.92 Å². The van der Waals surface area contributed by atoms with E-state index in [0.717, 1.165) is 12.8 Å². The van der Waals surface area contributed by atoms with Gasteiger partial charge in [-0.2, -0.15) is 0 Å². The highest BCUT2D eigenvalue weighted by molar-refractivity contribution is 5.78. The van der Waals surface area contributed by atoms with Gasteiger partial charge in [-0.3, -0.25) is 4.79 Å². The normalized spacial score (nSPS) is 20.8. The SMILES string of the molecule is CC(CN)C(=O)NC1CCCC1. The van der Waals surface area contributed by atoms with Crippen LogP contribution in [0.1, 0.15) is 32.6 Å². The van der Waals surface area contributed by atoms with Crippen molar-refractivity contribution < 1.29 is 4.79 Å².